The Hall–Kier alpha value is -3.09. The van der Waals surface area contributed by atoms with Crippen molar-refractivity contribution in [2.24, 2.45) is 0 Å². The van der Waals surface area contributed by atoms with Crippen molar-refractivity contribution in [3.63, 3.8) is 0 Å². The van der Waals surface area contributed by atoms with E-state index < -0.39 is 11.6 Å². The summed E-state index contributed by atoms with van der Waals surface area (Å²) in [5.41, 5.74) is 1.85. The Labute approximate surface area is 136 Å². The Kier molecular flexibility index (Phi) is 4.33. The lowest BCUT2D eigenvalue weighted by Gasteiger charge is -2.02. The van der Waals surface area contributed by atoms with Crippen LogP contribution in [0.3, 0.4) is 0 Å². The maximum absolute atomic E-state index is 13.7. The minimum atomic E-state index is -0.823. The molecule has 0 aliphatic heterocycles. The molecule has 0 atom stereocenters. The maximum Gasteiger partial charge on any atom is 0.322 e. The quantitative estimate of drug-likeness (QED) is 0.795. The standard InChI is InChI=1S/C17H13F2N3O2/c1-10-3-2-4-11(7-10)8-15(23)20-17-22-21-16(24-17)13-6-5-12(18)9-14(13)19/h2-7,9H,8H2,1H3,(H,20,22,23). The van der Waals surface area contributed by atoms with Gasteiger partial charge in [0.2, 0.25) is 5.91 Å². The van der Waals surface area contributed by atoms with E-state index in [9.17, 15) is 13.6 Å². The van der Waals surface area contributed by atoms with Crippen molar-refractivity contribution in [1.29, 1.82) is 0 Å². The van der Waals surface area contributed by atoms with Gasteiger partial charge in [-0.05, 0) is 24.6 Å². The van der Waals surface area contributed by atoms with Gasteiger partial charge in [-0.3, -0.25) is 10.1 Å². The molecule has 0 saturated heterocycles. The second-order valence-corrected chi connectivity index (χ2v) is 5.25. The van der Waals surface area contributed by atoms with Crippen LogP contribution in [0.25, 0.3) is 11.5 Å². The first-order chi connectivity index (χ1) is 11.5. The number of nitrogens with zero attached hydrogens (tertiary/aromatic N) is 2. The summed E-state index contributed by atoms with van der Waals surface area (Å²) in [6.45, 7) is 1.93. The summed E-state index contributed by atoms with van der Waals surface area (Å²) >= 11 is 0. The molecule has 2 aromatic carbocycles. The average Bonchev–Trinajstić information content (AvgIpc) is 2.95. The molecule has 0 aliphatic carbocycles. The van der Waals surface area contributed by atoms with Crippen LogP contribution in [0.5, 0.6) is 0 Å². The summed E-state index contributed by atoms with van der Waals surface area (Å²) in [6, 6.07) is 10.4. The molecule has 7 heteroatoms. The number of aryl methyl sites for hydroxylation is 1. The summed E-state index contributed by atoms with van der Waals surface area (Å²) in [4.78, 5) is 12.0. The Morgan fingerprint density at radius 3 is 2.75 bits per heavy atom. The first kappa shape index (κ1) is 15.8. The third kappa shape index (κ3) is 3.62. The zero-order valence-electron chi connectivity index (χ0n) is 12.7. The van der Waals surface area contributed by atoms with Gasteiger partial charge in [-0.1, -0.05) is 34.9 Å². The fourth-order valence-electron chi connectivity index (χ4n) is 2.22. The number of rotatable bonds is 4. The normalized spacial score (nSPS) is 10.6. The number of amides is 1. The predicted octanol–water partition coefficient (Wildman–Crippen LogP) is 3.50. The number of benzene rings is 2. The number of nitrogens with one attached hydrogen (secondary N) is 1. The van der Waals surface area contributed by atoms with E-state index in [4.69, 9.17) is 4.42 Å². The van der Waals surface area contributed by atoms with Gasteiger partial charge >= 0.3 is 6.01 Å². The zero-order chi connectivity index (χ0) is 17.1. The van der Waals surface area contributed by atoms with Crippen LogP contribution in [0, 0.1) is 18.6 Å². The molecule has 0 aliphatic rings. The topological polar surface area (TPSA) is 68.0 Å². The van der Waals surface area contributed by atoms with Crippen molar-refractivity contribution < 1.29 is 18.0 Å². The lowest BCUT2D eigenvalue weighted by Crippen LogP contribution is -2.14. The van der Waals surface area contributed by atoms with Crippen molar-refractivity contribution in [3.05, 3.63) is 65.2 Å². The van der Waals surface area contributed by atoms with Gasteiger partial charge in [-0.25, -0.2) is 8.78 Å². The summed E-state index contributed by atoms with van der Waals surface area (Å²) in [5, 5.41) is 9.76. The average molecular weight is 329 g/mol. The highest BCUT2D eigenvalue weighted by molar-refractivity contribution is 5.90. The fourth-order valence-corrected chi connectivity index (χ4v) is 2.22. The van der Waals surface area contributed by atoms with Gasteiger partial charge in [0.15, 0.2) is 0 Å². The van der Waals surface area contributed by atoms with E-state index in [1.54, 1.807) is 0 Å². The number of anilines is 1. The van der Waals surface area contributed by atoms with Gasteiger partial charge in [0.1, 0.15) is 11.6 Å². The van der Waals surface area contributed by atoms with Crippen LogP contribution in [0.2, 0.25) is 0 Å². The molecule has 122 valence electrons. The van der Waals surface area contributed by atoms with Crippen molar-refractivity contribution >= 4 is 11.9 Å². The van der Waals surface area contributed by atoms with E-state index >= 15 is 0 Å². The molecule has 1 aromatic heterocycles. The van der Waals surface area contributed by atoms with Gasteiger partial charge in [-0.2, -0.15) is 0 Å². The molecule has 0 fully saturated rings. The molecular weight excluding hydrogens is 316 g/mol. The molecule has 0 bridgehead atoms. The van der Waals surface area contributed by atoms with Gasteiger partial charge in [0.25, 0.3) is 5.89 Å². The first-order valence-electron chi connectivity index (χ1n) is 7.15. The number of hydrogen-bond acceptors (Lipinski definition) is 4. The summed E-state index contributed by atoms with van der Waals surface area (Å²) in [5.74, 6) is -2.01. The minimum Gasteiger partial charge on any atom is -0.403 e. The summed E-state index contributed by atoms with van der Waals surface area (Å²) in [6.07, 6.45) is 0.143. The Morgan fingerprint density at radius 2 is 2.00 bits per heavy atom. The van der Waals surface area contributed by atoms with E-state index in [0.29, 0.717) is 0 Å². The van der Waals surface area contributed by atoms with Gasteiger partial charge in [0.05, 0.1) is 12.0 Å². The van der Waals surface area contributed by atoms with Crippen molar-refractivity contribution in [2.45, 2.75) is 13.3 Å². The summed E-state index contributed by atoms with van der Waals surface area (Å²) in [7, 11) is 0. The van der Waals surface area contributed by atoms with E-state index in [1.165, 1.54) is 6.07 Å². The molecule has 3 aromatic rings. The van der Waals surface area contributed by atoms with Crippen molar-refractivity contribution in [1.82, 2.24) is 10.2 Å². The molecule has 1 N–H and O–H groups in total. The van der Waals surface area contributed by atoms with Crippen LogP contribution in [-0.4, -0.2) is 16.1 Å². The van der Waals surface area contributed by atoms with Crippen LogP contribution in [-0.2, 0) is 11.2 Å². The van der Waals surface area contributed by atoms with Crippen LogP contribution in [0.4, 0.5) is 14.8 Å². The first-order valence-corrected chi connectivity index (χ1v) is 7.15. The second kappa shape index (κ2) is 6.57. The monoisotopic (exact) mass is 329 g/mol. The highest BCUT2D eigenvalue weighted by Gasteiger charge is 2.15. The van der Waals surface area contributed by atoms with E-state index in [1.807, 2.05) is 31.2 Å². The number of hydrogen-bond donors (Lipinski definition) is 1. The van der Waals surface area contributed by atoms with E-state index in [-0.39, 0.29) is 29.8 Å². The molecule has 0 saturated carbocycles. The summed E-state index contributed by atoms with van der Waals surface area (Å²) < 4.78 is 31.8. The third-order valence-corrected chi connectivity index (χ3v) is 3.28. The highest BCUT2D eigenvalue weighted by atomic mass is 19.1. The molecule has 1 heterocycles. The van der Waals surface area contributed by atoms with Crippen LogP contribution >= 0.6 is 0 Å². The third-order valence-electron chi connectivity index (χ3n) is 3.28. The minimum absolute atomic E-state index is 0.0388. The smallest absolute Gasteiger partial charge is 0.322 e. The zero-order valence-corrected chi connectivity index (χ0v) is 12.7. The van der Waals surface area contributed by atoms with E-state index in [2.05, 4.69) is 15.5 Å². The number of carbonyl (C=O) groups excluding carboxylic acids is 1. The molecular formula is C17H13F2N3O2. The largest absolute Gasteiger partial charge is 0.403 e. The Bertz CT molecular complexity index is 893. The molecule has 0 unspecified atom stereocenters. The molecule has 5 nitrogen and oxygen atoms in total. The van der Waals surface area contributed by atoms with Crippen LogP contribution < -0.4 is 5.32 Å². The maximum atomic E-state index is 13.7. The Balaban J connectivity index is 1.70. The number of aromatic nitrogens is 2. The SMILES string of the molecule is Cc1cccc(CC(=O)Nc2nnc(-c3ccc(F)cc3F)o2)c1. The van der Waals surface area contributed by atoms with Crippen molar-refractivity contribution in [2.75, 3.05) is 5.32 Å². The fraction of sp³-hybridized carbons (Fsp3) is 0.118. The highest BCUT2D eigenvalue weighted by Crippen LogP contribution is 2.23. The van der Waals surface area contributed by atoms with Crippen molar-refractivity contribution in [3.8, 4) is 11.5 Å². The van der Waals surface area contributed by atoms with Gasteiger partial charge < -0.3 is 4.42 Å². The molecule has 0 spiro atoms. The van der Waals surface area contributed by atoms with Gasteiger partial charge in [0, 0.05) is 6.07 Å². The molecule has 1 amide bonds. The molecule has 24 heavy (non-hydrogen) atoms. The predicted molar refractivity (Wildman–Crippen MR) is 83.2 cm³/mol. The lowest BCUT2D eigenvalue weighted by molar-refractivity contribution is -0.115. The Morgan fingerprint density at radius 1 is 1.17 bits per heavy atom. The number of carbonyl (C=O) groups is 1. The van der Waals surface area contributed by atoms with Crippen LogP contribution in [0.1, 0.15) is 11.1 Å². The molecule has 3 rings (SSSR count). The van der Waals surface area contributed by atoms with Gasteiger partial charge in [-0.15, -0.1) is 5.10 Å². The molecule has 0 radical (unpaired) electrons. The second-order valence-electron chi connectivity index (χ2n) is 5.25. The lowest BCUT2D eigenvalue weighted by atomic mass is 10.1. The van der Waals surface area contributed by atoms with E-state index in [0.717, 1.165) is 23.3 Å². The van der Waals surface area contributed by atoms with Crippen LogP contribution in [0.15, 0.2) is 46.9 Å². The number of halogens is 2.